The molecule has 26 heavy (non-hydrogen) atoms. The van der Waals surface area contributed by atoms with Gasteiger partial charge in [0.1, 0.15) is 6.04 Å². The quantitative estimate of drug-likeness (QED) is 0.718. The van der Waals surface area contributed by atoms with Gasteiger partial charge in [-0.15, -0.1) is 0 Å². The molecular formula is C19H27N3O4. The molecule has 0 bridgehead atoms. The number of likely N-dealkylation sites (tertiary alicyclic amines) is 1. The third-order valence-corrected chi connectivity index (χ3v) is 4.76. The third-order valence-electron chi connectivity index (χ3n) is 4.76. The fourth-order valence-corrected chi connectivity index (χ4v) is 3.15. The summed E-state index contributed by atoms with van der Waals surface area (Å²) in [4.78, 5) is 37.8. The molecule has 2 rings (SSSR count). The molecular weight excluding hydrogens is 334 g/mol. The summed E-state index contributed by atoms with van der Waals surface area (Å²) < 4.78 is 0. The van der Waals surface area contributed by atoms with Crippen molar-refractivity contribution in [1.82, 2.24) is 15.5 Å². The molecule has 7 heteroatoms. The molecule has 1 fully saturated rings. The van der Waals surface area contributed by atoms with Gasteiger partial charge in [0.2, 0.25) is 5.91 Å². The van der Waals surface area contributed by atoms with Gasteiger partial charge in [-0.3, -0.25) is 9.59 Å². The Morgan fingerprint density at radius 1 is 1.19 bits per heavy atom. The van der Waals surface area contributed by atoms with Crippen LogP contribution in [0.25, 0.3) is 0 Å². The topological polar surface area (TPSA) is 98.7 Å². The first-order chi connectivity index (χ1) is 12.3. The number of carboxylic acid groups (broad SMARTS) is 1. The van der Waals surface area contributed by atoms with Gasteiger partial charge in [0.15, 0.2) is 0 Å². The number of nitrogens with one attached hydrogen (secondary N) is 2. The minimum absolute atomic E-state index is 0.101. The molecule has 1 aliphatic rings. The highest BCUT2D eigenvalue weighted by Crippen LogP contribution is 2.24. The van der Waals surface area contributed by atoms with Crippen molar-refractivity contribution in [2.45, 2.75) is 33.4 Å². The van der Waals surface area contributed by atoms with Gasteiger partial charge in [0.25, 0.3) is 0 Å². The summed E-state index contributed by atoms with van der Waals surface area (Å²) >= 11 is 0. The van der Waals surface area contributed by atoms with Gasteiger partial charge in [-0.05, 0) is 17.4 Å². The fraction of sp³-hybridized carbons (Fsp3) is 0.526. The van der Waals surface area contributed by atoms with E-state index in [1.165, 1.54) is 0 Å². The molecule has 7 nitrogen and oxygen atoms in total. The summed E-state index contributed by atoms with van der Waals surface area (Å²) in [5.74, 6) is -1.88. The number of rotatable bonds is 6. The van der Waals surface area contributed by atoms with E-state index < -0.39 is 24.0 Å². The highest BCUT2D eigenvalue weighted by Gasteiger charge is 2.39. The van der Waals surface area contributed by atoms with Crippen molar-refractivity contribution in [3.63, 3.8) is 0 Å². The first-order valence-corrected chi connectivity index (χ1v) is 8.89. The second-order valence-corrected chi connectivity index (χ2v) is 7.20. The molecule has 0 saturated carbocycles. The Labute approximate surface area is 153 Å². The lowest BCUT2D eigenvalue weighted by molar-refractivity contribution is -0.142. The van der Waals surface area contributed by atoms with Crippen LogP contribution in [0.4, 0.5) is 4.79 Å². The zero-order valence-electron chi connectivity index (χ0n) is 15.4. The molecule has 1 aromatic carbocycles. The molecule has 1 heterocycles. The number of hydrogen-bond acceptors (Lipinski definition) is 3. The minimum Gasteiger partial charge on any atom is -0.481 e. The average Bonchev–Trinajstić information content (AvgIpc) is 3.00. The molecule has 0 aliphatic carbocycles. The Hall–Kier alpha value is -2.57. The zero-order chi connectivity index (χ0) is 19.3. The molecule has 1 saturated heterocycles. The van der Waals surface area contributed by atoms with Crippen molar-refractivity contribution in [3.8, 4) is 0 Å². The SMILES string of the molecule is CC(C)C(NC(=O)NCc1ccccc1)C(=O)N1C[C@@H](C)[C@H](C(=O)O)C1. The summed E-state index contributed by atoms with van der Waals surface area (Å²) in [5.41, 5.74) is 0.966. The monoisotopic (exact) mass is 361 g/mol. The largest absolute Gasteiger partial charge is 0.481 e. The summed E-state index contributed by atoms with van der Waals surface area (Å²) in [6.45, 7) is 6.49. The number of aliphatic carboxylic acids is 1. The van der Waals surface area contributed by atoms with Crippen LogP contribution in [0.15, 0.2) is 30.3 Å². The Kier molecular flexibility index (Phi) is 6.60. The molecule has 0 spiro atoms. The molecule has 1 aromatic rings. The first kappa shape index (κ1) is 19.8. The van der Waals surface area contributed by atoms with Crippen molar-refractivity contribution in [2.24, 2.45) is 17.8 Å². The maximum Gasteiger partial charge on any atom is 0.315 e. The van der Waals surface area contributed by atoms with Gasteiger partial charge in [-0.25, -0.2) is 4.79 Å². The first-order valence-electron chi connectivity index (χ1n) is 8.89. The van der Waals surface area contributed by atoms with Crippen molar-refractivity contribution in [2.75, 3.05) is 13.1 Å². The Morgan fingerprint density at radius 2 is 1.85 bits per heavy atom. The van der Waals surface area contributed by atoms with E-state index >= 15 is 0 Å². The number of hydrogen-bond donors (Lipinski definition) is 3. The predicted octanol–water partition coefficient (Wildman–Crippen LogP) is 1.69. The van der Waals surface area contributed by atoms with Crippen LogP contribution in [0.3, 0.4) is 0 Å². The second kappa shape index (κ2) is 8.69. The number of urea groups is 1. The van der Waals surface area contributed by atoms with E-state index in [-0.39, 0.29) is 24.3 Å². The Bertz CT molecular complexity index is 647. The van der Waals surface area contributed by atoms with Crippen LogP contribution in [-0.2, 0) is 16.1 Å². The average molecular weight is 361 g/mol. The van der Waals surface area contributed by atoms with E-state index in [0.717, 1.165) is 5.56 Å². The van der Waals surface area contributed by atoms with Gasteiger partial charge in [0, 0.05) is 19.6 Å². The number of carboxylic acids is 1. The van der Waals surface area contributed by atoms with Crippen LogP contribution in [-0.4, -0.2) is 47.0 Å². The summed E-state index contributed by atoms with van der Waals surface area (Å²) in [5, 5.41) is 14.7. The van der Waals surface area contributed by atoms with Gasteiger partial charge < -0.3 is 20.6 Å². The minimum atomic E-state index is -0.887. The highest BCUT2D eigenvalue weighted by atomic mass is 16.4. The third kappa shape index (κ3) is 4.97. The highest BCUT2D eigenvalue weighted by molar-refractivity contribution is 5.88. The van der Waals surface area contributed by atoms with Crippen molar-refractivity contribution in [3.05, 3.63) is 35.9 Å². The van der Waals surface area contributed by atoms with Crippen LogP contribution in [0.5, 0.6) is 0 Å². The van der Waals surface area contributed by atoms with E-state index in [1.807, 2.05) is 51.1 Å². The molecule has 3 atom stereocenters. The number of benzene rings is 1. The standard InChI is InChI=1S/C19H27N3O4/c1-12(2)16(17(23)22-10-13(3)15(11-22)18(24)25)21-19(26)20-9-14-7-5-4-6-8-14/h4-8,12-13,15-16H,9-11H2,1-3H3,(H,24,25)(H2,20,21,26)/t13-,15-,16?/m1/s1. The number of nitrogens with zero attached hydrogens (tertiary/aromatic N) is 1. The Balaban J connectivity index is 1.94. The molecule has 3 amide bonds. The summed E-state index contributed by atoms with van der Waals surface area (Å²) in [6, 6.07) is 8.39. The van der Waals surface area contributed by atoms with Crippen molar-refractivity contribution in [1.29, 1.82) is 0 Å². The van der Waals surface area contributed by atoms with Gasteiger partial charge in [-0.2, -0.15) is 0 Å². The number of carbonyl (C=O) groups excluding carboxylic acids is 2. The lowest BCUT2D eigenvalue weighted by atomic mass is 9.99. The lowest BCUT2D eigenvalue weighted by Crippen LogP contribution is -2.53. The van der Waals surface area contributed by atoms with Crippen LogP contribution in [0.2, 0.25) is 0 Å². The molecule has 142 valence electrons. The van der Waals surface area contributed by atoms with Gasteiger partial charge in [-0.1, -0.05) is 51.1 Å². The van der Waals surface area contributed by atoms with Crippen LogP contribution >= 0.6 is 0 Å². The van der Waals surface area contributed by atoms with E-state index in [9.17, 15) is 19.5 Å². The predicted molar refractivity (Wildman–Crippen MR) is 97.3 cm³/mol. The normalized spacial score (nSPS) is 20.7. The van der Waals surface area contributed by atoms with Crippen LogP contribution < -0.4 is 10.6 Å². The lowest BCUT2D eigenvalue weighted by Gasteiger charge is -2.27. The second-order valence-electron chi connectivity index (χ2n) is 7.20. The summed E-state index contributed by atoms with van der Waals surface area (Å²) in [6.07, 6.45) is 0. The van der Waals surface area contributed by atoms with E-state index in [2.05, 4.69) is 10.6 Å². The maximum absolute atomic E-state index is 12.8. The van der Waals surface area contributed by atoms with Crippen molar-refractivity contribution >= 4 is 17.9 Å². The number of carbonyl (C=O) groups is 3. The summed E-state index contributed by atoms with van der Waals surface area (Å²) in [7, 11) is 0. The molecule has 0 radical (unpaired) electrons. The fourth-order valence-electron chi connectivity index (χ4n) is 3.15. The van der Waals surface area contributed by atoms with E-state index in [1.54, 1.807) is 4.90 Å². The molecule has 0 aromatic heterocycles. The van der Waals surface area contributed by atoms with Crippen LogP contribution in [0, 0.1) is 17.8 Å². The van der Waals surface area contributed by atoms with Crippen molar-refractivity contribution < 1.29 is 19.5 Å². The van der Waals surface area contributed by atoms with Crippen LogP contribution in [0.1, 0.15) is 26.3 Å². The van der Waals surface area contributed by atoms with Gasteiger partial charge >= 0.3 is 12.0 Å². The van der Waals surface area contributed by atoms with E-state index in [4.69, 9.17) is 0 Å². The molecule has 3 N–H and O–H groups in total. The van der Waals surface area contributed by atoms with E-state index in [0.29, 0.717) is 13.1 Å². The maximum atomic E-state index is 12.8. The van der Waals surface area contributed by atoms with Gasteiger partial charge in [0.05, 0.1) is 5.92 Å². The molecule has 1 unspecified atom stereocenters. The molecule has 1 aliphatic heterocycles. The smallest absolute Gasteiger partial charge is 0.315 e. The zero-order valence-corrected chi connectivity index (χ0v) is 15.4. The number of amides is 3. The Morgan fingerprint density at radius 3 is 2.38 bits per heavy atom.